The molecule has 6 rings (SSSR count). The van der Waals surface area contributed by atoms with E-state index in [1.807, 2.05) is 31.2 Å². The predicted octanol–water partition coefficient (Wildman–Crippen LogP) is 6.89. The number of ether oxygens (including phenoxy) is 1. The van der Waals surface area contributed by atoms with E-state index in [1.54, 1.807) is 25.4 Å². The Morgan fingerprint density at radius 1 is 0.957 bits per heavy atom. The minimum absolute atomic E-state index is 0.0997. The number of hydrogen-bond acceptors (Lipinski definition) is 7. The molecule has 0 radical (unpaired) electrons. The molecule has 1 aliphatic heterocycles. The number of rotatable bonds is 6. The number of benzene rings is 4. The second-order valence-corrected chi connectivity index (χ2v) is 11.4. The van der Waals surface area contributed by atoms with Gasteiger partial charge in [0.15, 0.2) is 0 Å². The van der Waals surface area contributed by atoms with Gasteiger partial charge in [0.1, 0.15) is 5.75 Å². The molecule has 0 saturated carbocycles. The summed E-state index contributed by atoms with van der Waals surface area (Å²) in [5.74, 6) is 0.0341. The van der Waals surface area contributed by atoms with Gasteiger partial charge in [0.05, 0.1) is 23.8 Å². The zero-order valence-electron chi connectivity index (χ0n) is 25.7. The van der Waals surface area contributed by atoms with Gasteiger partial charge in [-0.15, -0.1) is 0 Å². The number of carbonyl (C=O) groups excluding carboxylic acids is 1. The molecule has 3 N–H and O–H groups in total. The van der Waals surface area contributed by atoms with Crippen LogP contribution in [-0.2, 0) is 6.18 Å². The summed E-state index contributed by atoms with van der Waals surface area (Å²) in [7, 11) is 3.71. The molecule has 0 unspecified atom stereocenters. The molecule has 1 aromatic heterocycles. The summed E-state index contributed by atoms with van der Waals surface area (Å²) in [6.45, 7) is 5.82. The highest BCUT2D eigenvalue weighted by molar-refractivity contribution is 6.06. The number of fused-ring (bicyclic) bond motifs is 1. The summed E-state index contributed by atoms with van der Waals surface area (Å²) in [6, 6.07) is 19.9. The predicted molar refractivity (Wildman–Crippen MR) is 175 cm³/mol. The molecule has 11 heteroatoms. The zero-order valence-corrected chi connectivity index (χ0v) is 25.7. The Balaban J connectivity index is 1.41. The van der Waals surface area contributed by atoms with Crippen LogP contribution < -0.4 is 20.7 Å². The van der Waals surface area contributed by atoms with E-state index < -0.39 is 17.6 Å². The van der Waals surface area contributed by atoms with Crippen molar-refractivity contribution in [3.05, 3.63) is 95.7 Å². The number of nitrogens with two attached hydrogens (primary N) is 1. The lowest BCUT2D eigenvalue weighted by Gasteiger charge is -2.34. The van der Waals surface area contributed by atoms with Crippen LogP contribution in [-0.4, -0.2) is 61.1 Å². The van der Waals surface area contributed by atoms with Gasteiger partial charge in [0.2, 0.25) is 5.95 Å². The Hall–Kier alpha value is -5.16. The van der Waals surface area contributed by atoms with Crippen LogP contribution in [0.4, 0.5) is 30.5 Å². The number of anilines is 3. The van der Waals surface area contributed by atoms with E-state index in [9.17, 15) is 18.0 Å². The molecule has 0 aliphatic carbocycles. The molecular weight excluding hydrogens is 593 g/mol. The van der Waals surface area contributed by atoms with Crippen LogP contribution in [0.5, 0.6) is 5.75 Å². The number of nitrogens with zero attached hydrogens (tertiary/aromatic N) is 4. The fourth-order valence-corrected chi connectivity index (χ4v) is 5.79. The highest BCUT2D eigenvalue weighted by atomic mass is 19.4. The summed E-state index contributed by atoms with van der Waals surface area (Å²) < 4.78 is 45.8. The van der Waals surface area contributed by atoms with Gasteiger partial charge >= 0.3 is 6.18 Å². The summed E-state index contributed by atoms with van der Waals surface area (Å²) in [5.41, 5.74) is 11.2. The molecule has 236 valence electrons. The molecule has 0 atom stereocenters. The quantitative estimate of drug-likeness (QED) is 0.212. The lowest BCUT2D eigenvalue weighted by Crippen LogP contribution is -2.44. The number of carbonyl (C=O) groups is 1. The molecule has 5 aromatic rings. The van der Waals surface area contributed by atoms with Gasteiger partial charge in [-0.25, -0.2) is 9.97 Å². The first-order valence-electron chi connectivity index (χ1n) is 14.8. The maximum atomic E-state index is 13.3. The van der Waals surface area contributed by atoms with Crippen molar-refractivity contribution in [3.63, 3.8) is 0 Å². The van der Waals surface area contributed by atoms with E-state index in [1.165, 1.54) is 12.1 Å². The van der Waals surface area contributed by atoms with Gasteiger partial charge in [-0.3, -0.25) is 4.79 Å². The average molecular weight is 627 g/mol. The van der Waals surface area contributed by atoms with Gasteiger partial charge in [0.25, 0.3) is 5.91 Å². The number of piperazine rings is 1. The van der Waals surface area contributed by atoms with Crippen LogP contribution >= 0.6 is 0 Å². The largest absolute Gasteiger partial charge is 0.495 e. The second-order valence-electron chi connectivity index (χ2n) is 11.4. The van der Waals surface area contributed by atoms with Crippen molar-refractivity contribution in [2.24, 2.45) is 0 Å². The van der Waals surface area contributed by atoms with Gasteiger partial charge in [0, 0.05) is 60.3 Å². The van der Waals surface area contributed by atoms with Crippen molar-refractivity contribution in [1.29, 1.82) is 0 Å². The van der Waals surface area contributed by atoms with Crippen LogP contribution in [0.2, 0.25) is 0 Å². The number of methoxy groups -OCH3 is 1. The zero-order chi connectivity index (χ0) is 32.6. The van der Waals surface area contributed by atoms with Crippen LogP contribution in [0.1, 0.15) is 21.5 Å². The first-order chi connectivity index (χ1) is 22.0. The lowest BCUT2D eigenvalue weighted by molar-refractivity contribution is -0.137. The highest BCUT2D eigenvalue weighted by Crippen LogP contribution is 2.45. The van der Waals surface area contributed by atoms with Crippen molar-refractivity contribution in [1.82, 2.24) is 14.9 Å². The van der Waals surface area contributed by atoms with Gasteiger partial charge in [-0.1, -0.05) is 24.3 Å². The molecule has 8 nitrogen and oxygen atoms in total. The number of alkyl halides is 3. The molecule has 1 amide bonds. The van der Waals surface area contributed by atoms with Crippen molar-refractivity contribution in [2.75, 3.05) is 56.3 Å². The molecule has 0 bridgehead atoms. The molecule has 1 saturated heterocycles. The molecule has 0 spiro atoms. The van der Waals surface area contributed by atoms with Crippen LogP contribution in [0, 0.1) is 6.92 Å². The van der Waals surface area contributed by atoms with Gasteiger partial charge < -0.3 is 25.6 Å². The van der Waals surface area contributed by atoms with E-state index >= 15 is 0 Å². The number of nitrogen functional groups attached to an aromatic ring is 1. The SMILES string of the molecule is COc1c(-c2cc(NC(=O)c3cccc(C(F)(F)F)c3)ccc2C)cc2cnc(N)nc2c1-c1ccc(N2CCN(C)CC2)cc1. The Labute approximate surface area is 264 Å². The first-order valence-corrected chi connectivity index (χ1v) is 14.8. The topological polar surface area (TPSA) is 96.6 Å². The Morgan fingerprint density at radius 3 is 2.39 bits per heavy atom. The summed E-state index contributed by atoms with van der Waals surface area (Å²) in [4.78, 5) is 26.5. The van der Waals surface area contributed by atoms with E-state index in [2.05, 4.69) is 44.3 Å². The maximum Gasteiger partial charge on any atom is 0.416 e. The molecule has 2 heterocycles. The minimum atomic E-state index is -4.56. The number of hydrogen-bond donors (Lipinski definition) is 2. The average Bonchev–Trinajstić information content (AvgIpc) is 3.05. The van der Waals surface area contributed by atoms with Crippen LogP contribution in [0.25, 0.3) is 33.2 Å². The third kappa shape index (κ3) is 6.18. The van der Waals surface area contributed by atoms with Crippen molar-refractivity contribution in [2.45, 2.75) is 13.1 Å². The Morgan fingerprint density at radius 2 is 1.70 bits per heavy atom. The van der Waals surface area contributed by atoms with Crippen LogP contribution in [0.15, 0.2) is 79.0 Å². The molecule has 1 fully saturated rings. The van der Waals surface area contributed by atoms with Gasteiger partial charge in [-0.05, 0) is 79.2 Å². The first kappa shape index (κ1) is 30.8. The van der Waals surface area contributed by atoms with Crippen LogP contribution in [0.3, 0.4) is 0 Å². The number of aryl methyl sites for hydroxylation is 1. The number of amides is 1. The van der Waals surface area contributed by atoms with Crippen molar-refractivity contribution >= 4 is 34.1 Å². The normalized spacial score (nSPS) is 14.0. The minimum Gasteiger partial charge on any atom is -0.495 e. The molecule has 4 aromatic carbocycles. The number of nitrogens with one attached hydrogen (secondary N) is 1. The Kier molecular flexibility index (Phi) is 8.26. The van der Waals surface area contributed by atoms with E-state index in [0.717, 1.165) is 77.2 Å². The third-order valence-electron chi connectivity index (χ3n) is 8.31. The summed E-state index contributed by atoms with van der Waals surface area (Å²) in [6.07, 6.45) is -2.89. The smallest absolute Gasteiger partial charge is 0.416 e. The van der Waals surface area contributed by atoms with E-state index in [4.69, 9.17) is 10.5 Å². The highest BCUT2D eigenvalue weighted by Gasteiger charge is 2.31. The molecule has 1 aliphatic rings. The second kappa shape index (κ2) is 12.3. The third-order valence-corrected chi connectivity index (χ3v) is 8.31. The maximum absolute atomic E-state index is 13.3. The summed E-state index contributed by atoms with van der Waals surface area (Å²) >= 11 is 0. The fourth-order valence-electron chi connectivity index (χ4n) is 5.79. The van der Waals surface area contributed by atoms with E-state index in [0.29, 0.717) is 17.0 Å². The van der Waals surface area contributed by atoms with Crippen molar-refractivity contribution < 1.29 is 22.7 Å². The molecular formula is C35H33F3N6O2. The lowest BCUT2D eigenvalue weighted by atomic mass is 9.92. The Bertz CT molecular complexity index is 1920. The number of halogens is 3. The monoisotopic (exact) mass is 626 g/mol. The number of likely N-dealkylation sites (N-methyl/N-ethyl adjacent to an activating group) is 1. The fraction of sp³-hybridized carbons (Fsp3) is 0.229. The molecule has 46 heavy (non-hydrogen) atoms. The standard InChI is InChI=1S/C35H33F3N6O2/c1-21-7-10-26(41-33(45)23-5-4-6-25(17-23)35(36,37)38)19-28(21)29-18-24-20-40-34(39)42-31(24)30(32(29)46-3)22-8-11-27(12-9-22)44-15-13-43(2)14-16-44/h4-12,17-20H,13-16H2,1-3H3,(H,41,45)(H2,39,40,42). The van der Waals surface area contributed by atoms with Gasteiger partial charge in [-0.2, -0.15) is 13.2 Å². The van der Waals surface area contributed by atoms with E-state index in [-0.39, 0.29) is 11.5 Å². The summed E-state index contributed by atoms with van der Waals surface area (Å²) in [5, 5.41) is 3.48. The van der Waals surface area contributed by atoms with Crippen molar-refractivity contribution in [3.8, 4) is 28.0 Å². The number of aromatic nitrogens is 2.